The van der Waals surface area contributed by atoms with Crippen molar-refractivity contribution in [1.29, 1.82) is 0 Å². The molecular formula is C17H32N2O2. The van der Waals surface area contributed by atoms with Gasteiger partial charge in [0, 0.05) is 19.1 Å². The van der Waals surface area contributed by atoms with E-state index in [2.05, 4.69) is 31.0 Å². The maximum Gasteiger partial charge on any atom is 0.327 e. The van der Waals surface area contributed by atoms with Crippen LogP contribution < -0.4 is 5.32 Å². The standard InChI is InChI=1S/C17H32N2O2/c1-5-10-19(11-14-6-7-14)12-17(15-8-9-15,16(20)21-4)18-13(2)3/h13-15,18H,5-12H2,1-4H3. The van der Waals surface area contributed by atoms with Gasteiger partial charge in [-0.3, -0.25) is 5.32 Å². The molecule has 1 N–H and O–H groups in total. The van der Waals surface area contributed by atoms with E-state index in [1.807, 2.05) is 0 Å². The van der Waals surface area contributed by atoms with Gasteiger partial charge in [0.25, 0.3) is 0 Å². The summed E-state index contributed by atoms with van der Waals surface area (Å²) in [6, 6.07) is 0.286. The average Bonchev–Trinajstić information content (AvgIpc) is 3.28. The molecule has 0 amide bonds. The van der Waals surface area contributed by atoms with Crippen molar-refractivity contribution in [2.45, 2.75) is 64.5 Å². The molecule has 0 heterocycles. The Morgan fingerprint density at radius 3 is 2.43 bits per heavy atom. The van der Waals surface area contributed by atoms with E-state index in [4.69, 9.17) is 4.74 Å². The van der Waals surface area contributed by atoms with Gasteiger partial charge in [0.05, 0.1) is 7.11 Å². The second-order valence-electron chi connectivity index (χ2n) is 7.21. The Balaban J connectivity index is 2.12. The number of ether oxygens (including phenoxy) is 1. The third-order valence-corrected chi connectivity index (χ3v) is 4.60. The van der Waals surface area contributed by atoms with Gasteiger partial charge in [0.15, 0.2) is 0 Å². The van der Waals surface area contributed by atoms with E-state index in [-0.39, 0.29) is 12.0 Å². The Morgan fingerprint density at radius 2 is 2.00 bits per heavy atom. The Bertz CT molecular complexity index is 351. The number of nitrogens with one attached hydrogen (secondary N) is 1. The summed E-state index contributed by atoms with van der Waals surface area (Å²) < 4.78 is 5.19. The molecule has 0 aliphatic heterocycles. The zero-order valence-corrected chi connectivity index (χ0v) is 14.2. The second kappa shape index (κ2) is 7.10. The number of methoxy groups -OCH3 is 1. The highest BCUT2D eigenvalue weighted by Crippen LogP contribution is 2.42. The molecule has 0 radical (unpaired) electrons. The molecule has 2 aliphatic carbocycles. The third kappa shape index (κ3) is 4.43. The highest BCUT2D eigenvalue weighted by molar-refractivity contribution is 5.82. The first kappa shape index (κ1) is 16.8. The molecule has 1 atom stereocenters. The first-order valence-corrected chi connectivity index (χ1v) is 8.60. The van der Waals surface area contributed by atoms with E-state index >= 15 is 0 Å². The second-order valence-corrected chi connectivity index (χ2v) is 7.21. The average molecular weight is 296 g/mol. The van der Waals surface area contributed by atoms with Gasteiger partial charge in [-0.2, -0.15) is 0 Å². The molecule has 2 aliphatic rings. The fraction of sp³-hybridized carbons (Fsp3) is 0.941. The molecule has 122 valence electrons. The highest BCUT2D eigenvalue weighted by atomic mass is 16.5. The summed E-state index contributed by atoms with van der Waals surface area (Å²) in [5, 5.41) is 3.57. The molecule has 0 bridgehead atoms. The van der Waals surface area contributed by atoms with Crippen molar-refractivity contribution in [3.8, 4) is 0 Å². The molecular weight excluding hydrogens is 264 g/mol. The summed E-state index contributed by atoms with van der Waals surface area (Å²) in [7, 11) is 1.52. The molecule has 0 aromatic rings. The van der Waals surface area contributed by atoms with Gasteiger partial charge in [-0.05, 0) is 64.3 Å². The number of hydrogen-bond acceptors (Lipinski definition) is 4. The quantitative estimate of drug-likeness (QED) is 0.629. The Kier molecular flexibility index (Phi) is 5.67. The van der Waals surface area contributed by atoms with Gasteiger partial charge in [0.1, 0.15) is 5.54 Å². The zero-order chi connectivity index (χ0) is 15.5. The van der Waals surface area contributed by atoms with Crippen molar-refractivity contribution in [1.82, 2.24) is 10.2 Å². The van der Waals surface area contributed by atoms with Gasteiger partial charge in [-0.1, -0.05) is 6.92 Å². The van der Waals surface area contributed by atoms with E-state index in [0.717, 1.165) is 44.8 Å². The Morgan fingerprint density at radius 1 is 1.33 bits per heavy atom. The third-order valence-electron chi connectivity index (χ3n) is 4.60. The number of nitrogens with zero attached hydrogens (tertiary/aromatic N) is 1. The van der Waals surface area contributed by atoms with Gasteiger partial charge in [0.2, 0.25) is 0 Å². The lowest BCUT2D eigenvalue weighted by molar-refractivity contribution is -0.151. The van der Waals surface area contributed by atoms with Crippen LogP contribution in [0, 0.1) is 11.8 Å². The van der Waals surface area contributed by atoms with Crippen molar-refractivity contribution in [2.24, 2.45) is 11.8 Å². The number of carbonyl (C=O) groups excluding carboxylic acids is 1. The fourth-order valence-electron chi connectivity index (χ4n) is 3.43. The smallest absolute Gasteiger partial charge is 0.327 e. The summed E-state index contributed by atoms with van der Waals surface area (Å²) in [4.78, 5) is 15.1. The van der Waals surface area contributed by atoms with Crippen molar-refractivity contribution < 1.29 is 9.53 Å². The maximum atomic E-state index is 12.6. The lowest BCUT2D eigenvalue weighted by Crippen LogP contribution is -2.63. The van der Waals surface area contributed by atoms with Crippen LogP contribution in [0.15, 0.2) is 0 Å². The molecule has 4 nitrogen and oxygen atoms in total. The van der Waals surface area contributed by atoms with Crippen LogP contribution in [-0.4, -0.2) is 49.2 Å². The summed E-state index contributed by atoms with van der Waals surface area (Å²) in [5.74, 6) is 1.21. The van der Waals surface area contributed by atoms with Crippen LogP contribution in [0.2, 0.25) is 0 Å². The lowest BCUT2D eigenvalue weighted by Gasteiger charge is -2.38. The van der Waals surface area contributed by atoms with Crippen LogP contribution in [0.3, 0.4) is 0 Å². The monoisotopic (exact) mass is 296 g/mol. The van der Waals surface area contributed by atoms with Crippen LogP contribution in [-0.2, 0) is 9.53 Å². The number of esters is 1. The van der Waals surface area contributed by atoms with Crippen LogP contribution in [0.25, 0.3) is 0 Å². The lowest BCUT2D eigenvalue weighted by atomic mass is 9.90. The zero-order valence-electron chi connectivity index (χ0n) is 14.2. The van der Waals surface area contributed by atoms with Crippen molar-refractivity contribution in [3.05, 3.63) is 0 Å². The Labute approximate surface area is 129 Å². The van der Waals surface area contributed by atoms with Crippen molar-refractivity contribution >= 4 is 5.97 Å². The maximum absolute atomic E-state index is 12.6. The van der Waals surface area contributed by atoms with Gasteiger partial charge < -0.3 is 9.64 Å². The van der Waals surface area contributed by atoms with Gasteiger partial charge in [-0.25, -0.2) is 4.79 Å². The molecule has 0 spiro atoms. The summed E-state index contributed by atoms with van der Waals surface area (Å²) >= 11 is 0. The SMILES string of the molecule is CCCN(CC1CC1)CC(NC(C)C)(C(=O)OC)C1CC1. The van der Waals surface area contributed by atoms with Crippen LogP contribution in [0.4, 0.5) is 0 Å². The minimum atomic E-state index is -0.507. The molecule has 1 unspecified atom stereocenters. The molecule has 2 rings (SSSR count). The molecule has 0 saturated heterocycles. The van der Waals surface area contributed by atoms with Crippen molar-refractivity contribution in [3.63, 3.8) is 0 Å². The van der Waals surface area contributed by atoms with Gasteiger partial charge >= 0.3 is 5.97 Å². The summed E-state index contributed by atoms with van der Waals surface area (Å²) in [6.07, 6.45) is 6.12. The number of carbonyl (C=O) groups is 1. The topological polar surface area (TPSA) is 41.6 Å². The van der Waals surface area contributed by atoms with Crippen LogP contribution >= 0.6 is 0 Å². The predicted molar refractivity (Wildman–Crippen MR) is 85.2 cm³/mol. The van der Waals surface area contributed by atoms with Crippen LogP contribution in [0.5, 0.6) is 0 Å². The molecule has 0 aromatic carbocycles. The number of hydrogen-bond donors (Lipinski definition) is 1. The van der Waals surface area contributed by atoms with E-state index in [1.54, 1.807) is 0 Å². The number of rotatable bonds is 10. The molecule has 2 saturated carbocycles. The minimum absolute atomic E-state index is 0.0735. The predicted octanol–water partition coefficient (Wildman–Crippen LogP) is 2.43. The molecule has 0 aromatic heterocycles. The van der Waals surface area contributed by atoms with Crippen LogP contribution in [0.1, 0.15) is 52.9 Å². The first-order chi connectivity index (χ1) is 10.0. The largest absolute Gasteiger partial charge is 0.468 e. The van der Waals surface area contributed by atoms with E-state index in [1.165, 1.54) is 20.0 Å². The van der Waals surface area contributed by atoms with Crippen molar-refractivity contribution in [2.75, 3.05) is 26.7 Å². The normalized spacial score (nSPS) is 21.6. The minimum Gasteiger partial charge on any atom is -0.468 e. The first-order valence-electron chi connectivity index (χ1n) is 8.60. The summed E-state index contributed by atoms with van der Waals surface area (Å²) in [5.41, 5.74) is -0.507. The van der Waals surface area contributed by atoms with E-state index in [0.29, 0.717) is 5.92 Å². The van der Waals surface area contributed by atoms with Gasteiger partial charge in [-0.15, -0.1) is 0 Å². The van der Waals surface area contributed by atoms with E-state index in [9.17, 15) is 4.79 Å². The molecule has 4 heteroatoms. The fourth-order valence-corrected chi connectivity index (χ4v) is 3.43. The Hall–Kier alpha value is -0.610. The van der Waals surface area contributed by atoms with E-state index < -0.39 is 5.54 Å². The molecule has 2 fully saturated rings. The highest BCUT2D eigenvalue weighted by Gasteiger charge is 2.53. The molecule has 21 heavy (non-hydrogen) atoms. The summed E-state index contributed by atoms with van der Waals surface area (Å²) in [6.45, 7) is 9.45.